The number of amides is 2. The van der Waals surface area contributed by atoms with E-state index in [9.17, 15) is 34.8 Å². The minimum Gasteiger partial charge on any atom is -0.466 e. The van der Waals surface area contributed by atoms with E-state index in [0.29, 0.717) is 0 Å². The van der Waals surface area contributed by atoms with Crippen LogP contribution in [0.4, 0.5) is 0 Å². The Hall–Kier alpha value is -2.31. The van der Waals surface area contributed by atoms with Gasteiger partial charge < -0.3 is 40.5 Å². The highest BCUT2D eigenvalue weighted by molar-refractivity contribution is 6.03. The number of methoxy groups -OCH3 is 1. The summed E-state index contributed by atoms with van der Waals surface area (Å²) in [6.45, 7) is -0.0969. The maximum atomic E-state index is 12.6. The van der Waals surface area contributed by atoms with Crippen LogP contribution in [0.15, 0.2) is 23.8 Å². The summed E-state index contributed by atoms with van der Waals surface area (Å²) >= 11 is 0. The van der Waals surface area contributed by atoms with Crippen molar-refractivity contribution in [2.45, 2.75) is 36.5 Å². The van der Waals surface area contributed by atoms with Gasteiger partial charge in [0, 0.05) is 6.08 Å². The van der Waals surface area contributed by atoms with Crippen molar-refractivity contribution in [1.82, 2.24) is 10.6 Å². The number of aliphatic hydroxyl groups excluding tert-OH is 2. The van der Waals surface area contributed by atoms with Gasteiger partial charge in [-0.15, -0.1) is 0 Å². The fraction of sp³-hybridized carbons (Fsp3) is 0.562. The van der Waals surface area contributed by atoms with Crippen LogP contribution in [0.3, 0.4) is 0 Å². The average Bonchev–Trinajstić information content (AvgIpc) is 2.62. The molecule has 11 heteroatoms. The van der Waals surface area contributed by atoms with Crippen LogP contribution in [0, 0.1) is 0 Å². The summed E-state index contributed by atoms with van der Waals surface area (Å²) in [5.74, 6) is -2.90. The van der Waals surface area contributed by atoms with Crippen LogP contribution in [0.5, 0.6) is 0 Å². The number of hydrogen-bond acceptors (Lipinski definition) is 9. The molecule has 4 atom stereocenters. The fourth-order valence-corrected chi connectivity index (χ4v) is 2.77. The molecule has 0 saturated carbocycles. The number of nitrogens with one attached hydrogen (secondary N) is 2. The molecule has 0 aromatic heterocycles. The molecule has 0 aromatic rings. The van der Waals surface area contributed by atoms with E-state index in [1.165, 1.54) is 19.3 Å². The monoisotopic (exact) mass is 386 g/mol. The second-order valence-electron chi connectivity index (χ2n) is 6.44. The summed E-state index contributed by atoms with van der Waals surface area (Å²) in [6, 6.07) is 0. The van der Waals surface area contributed by atoms with E-state index in [2.05, 4.69) is 15.4 Å². The molecular weight excluding hydrogens is 364 g/mol. The fourth-order valence-electron chi connectivity index (χ4n) is 2.77. The summed E-state index contributed by atoms with van der Waals surface area (Å²) in [4.78, 5) is 36.2. The van der Waals surface area contributed by atoms with Gasteiger partial charge in [0.25, 0.3) is 17.5 Å². The number of fused-ring (bicyclic) bond motifs is 5. The van der Waals surface area contributed by atoms with Crippen LogP contribution in [-0.4, -0.2) is 81.7 Å². The van der Waals surface area contributed by atoms with Crippen molar-refractivity contribution >= 4 is 17.8 Å². The summed E-state index contributed by atoms with van der Waals surface area (Å²) < 4.78 is 9.81. The van der Waals surface area contributed by atoms with Crippen LogP contribution in [0.1, 0.15) is 13.3 Å². The first-order chi connectivity index (χ1) is 12.5. The van der Waals surface area contributed by atoms with Gasteiger partial charge in [0.2, 0.25) is 5.72 Å². The zero-order valence-electron chi connectivity index (χ0n) is 14.8. The molecule has 0 radical (unpaired) electrons. The zero-order chi connectivity index (χ0) is 20.5. The third-order valence-corrected chi connectivity index (χ3v) is 4.45. The zero-order valence-corrected chi connectivity index (χ0v) is 14.8. The Bertz CT molecular complexity index is 702. The van der Waals surface area contributed by atoms with E-state index in [1.807, 2.05) is 0 Å². The molecule has 3 rings (SSSR count). The number of aliphatic hydroxyl groups is 4. The molecule has 150 valence electrons. The Morgan fingerprint density at radius 1 is 1.41 bits per heavy atom. The number of rotatable bonds is 5. The third kappa shape index (κ3) is 3.59. The van der Waals surface area contributed by atoms with Crippen molar-refractivity contribution in [3.8, 4) is 0 Å². The van der Waals surface area contributed by atoms with E-state index < -0.39 is 47.5 Å². The summed E-state index contributed by atoms with van der Waals surface area (Å²) in [7, 11) is 1.18. The quantitative estimate of drug-likeness (QED) is 0.210. The van der Waals surface area contributed by atoms with Crippen LogP contribution in [0.25, 0.3) is 0 Å². The normalized spacial score (nSPS) is 33.0. The smallest absolute Gasteiger partial charge is 0.330 e. The molecule has 0 spiro atoms. The van der Waals surface area contributed by atoms with Crippen molar-refractivity contribution < 1.29 is 44.3 Å². The van der Waals surface area contributed by atoms with Gasteiger partial charge in [-0.25, -0.2) is 4.79 Å². The second kappa shape index (κ2) is 7.37. The van der Waals surface area contributed by atoms with Crippen molar-refractivity contribution in [3.05, 3.63) is 23.8 Å². The van der Waals surface area contributed by atoms with Gasteiger partial charge in [0.1, 0.15) is 11.7 Å². The van der Waals surface area contributed by atoms with Gasteiger partial charge in [-0.05, 0) is 18.9 Å². The van der Waals surface area contributed by atoms with Crippen LogP contribution in [-0.2, 0) is 23.9 Å². The largest absolute Gasteiger partial charge is 0.466 e. The summed E-state index contributed by atoms with van der Waals surface area (Å²) in [5.41, 5.74) is -7.01. The molecule has 3 saturated heterocycles. The molecule has 3 aliphatic heterocycles. The van der Waals surface area contributed by atoms with E-state index in [4.69, 9.17) is 4.74 Å². The predicted molar refractivity (Wildman–Crippen MR) is 87.5 cm³/mol. The van der Waals surface area contributed by atoms with Gasteiger partial charge in [0.15, 0.2) is 0 Å². The molecule has 27 heavy (non-hydrogen) atoms. The van der Waals surface area contributed by atoms with Gasteiger partial charge in [-0.1, -0.05) is 12.2 Å². The standard InChI is InChI=1S/C16H22N2O9/c1-14(24,8-19)11(21)16-13(23)17-15(25,12(22)18-16)9(6-7-27-16)4-3-5-10(20)26-2/h3-5,11,19,21,24-25H,6-8H2,1-2H3,(H,17,23)(H,18,22)/b5-3+,9-4+/t11-,14-,15+,16-/m0/s1. The first kappa shape index (κ1) is 21.0. The van der Waals surface area contributed by atoms with Crippen molar-refractivity contribution in [1.29, 1.82) is 0 Å². The van der Waals surface area contributed by atoms with Gasteiger partial charge in [-0.3, -0.25) is 9.59 Å². The van der Waals surface area contributed by atoms with E-state index in [0.717, 1.165) is 13.0 Å². The lowest BCUT2D eigenvalue weighted by atomic mass is 9.84. The Labute approximate surface area is 154 Å². The topological polar surface area (TPSA) is 175 Å². The highest BCUT2D eigenvalue weighted by Gasteiger charge is 2.63. The maximum absolute atomic E-state index is 12.6. The molecule has 6 N–H and O–H groups in total. The van der Waals surface area contributed by atoms with Crippen LogP contribution >= 0.6 is 0 Å². The lowest BCUT2D eigenvalue weighted by Gasteiger charge is -2.49. The van der Waals surface area contributed by atoms with Gasteiger partial charge in [0.05, 0.1) is 20.3 Å². The molecule has 0 aromatic carbocycles. The van der Waals surface area contributed by atoms with E-state index >= 15 is 0 Å². The average molecular weight is 386 g/mol. The number of hydrogen-bond donors (Lipinski definition) is 6. The second-order valence-corrected chi connectivity index (χ2v) is 6.44. The van der Waals surface area contributed by atoms with Crippen LogP contribution in [0.2, 0.25) is 0 Å². The number of carbonyl (C=O) groups excluding carboxylic acids is 3. The highest BCUT2D eigenvalue weighted by Crippen LogP contribution is 2.33. The predicted octanol–water partition coefficient (Wildman–Crippen LogP) is -3.20. The highest BCUT2D eigenvalue weighted by atomic mass is 16.5. The Balaban J connectivity index is 2.40. The number of esters is 1. The minimum atomic E-state index is -2.45. The Kier molecular flexibility index (Phi) is 5.73. The molecule has 11 nitrogen and oxygen atoms in total. The van der Waals surface area contributed by atoms with E-state index in [1.54, 1.807) is 0 Å². The lowest BCUT2D eigenvalue weighted by molar-refractivity contribution is -0.230. The first-order valence-corrected chi connectivity index (χ1v) is 8.02. The molecule has 2 amide bonds. The summed E-state index contributed by atoms with van der Waals surface area (Å²) in [5, 5.41) is 44.6. The minimum absolute atomic E-state index is 0.0187. The van der Waals surface area contributed by atoms with Crippen molar-refractivity contribution in [2.75, 3.05) is 20.3 Å². The maximum Gasteiger partial charge on any atom is 0.330 e. The molecular formula is C16H22N2O9. The Morgan fingerprint density at radius 2 is 2.07 bits per heavy atom. The van der Waals surface area contributed by atoms with Crippen molar-refractivity contribution in [3.63, 3.8) is 0 Å². The van der Waals surface area contributed by atoms with E-state index in [-0.39, 0.29) is 18.6 Å². The lowest BCUT2D eigenvalue weighted by Crippen LogP contribution is -2.82. The van der Waals surface area contributed by atoms with Gasteiger partial charge >= 0.3 is 5.97 Å². The molecule has 2 bridgehead atoms. The molecule has 0 unspecified atom stereocenters. The summed E-state index contributed by atoms with van der Waals surface area (Å²) in [6.07, 6.45) is 1.44. The molecule has 0 aliphatic carbocycles. The molecule has 3 heterocycles. The number of carbonyl (C=O) groups is 3. The number of piperazine rings is 1. The Morgan fingerprint density at radius 3 is 2.67 bits per heavy atom. The van der Waals surface area contributed by atoms with Crippen LogP contribution < -0.4 is 10.6 Å². The number of ether oxygens (including phenoxy) is 2. The number of allylic oxidation sites excluding steroid dienone is 2. The van der Waals surface area contributed by atoms with Crippen molar-refractivity contribution in [2.24, 2.45) is 0 Å². The first-order valence-electron chi connectivity index (χ1n) is 8.02. The van der Waals surface area contributed by atoms with Gasteiger partial charge in [-0.2, -0.15) is 0 Å². The molecule has 3 aliphatic rings. The third-order valence-electron chi connectivity index (χ3n) is 4.45. The SMILES string of the molecule is COC(=O)/C=C/C=C1\CCO[C@]2([C@@H](O)[C@@](C)(O)CO)NC(=O)[C@@]1(O)NC2=O. The molecule has 3 fully saturated rings.